The van der Waals surface area contributed by atoms with E-state index in [1.807, 2.05) is 14.1 Å². The fourth-order valence-corrected chi connectivity index (χ4v) is 4.05. The molecular weight excluding hydrogens is 326 g/mol. The Bertz CT molecular complexity index is 640. The molecule has 122 valence electrons. The molecule has 1 aliphatic rings. The summed E-state index contributed by atoms with van der Waals surface area (Å²) in [5, 5.41) is 0.390. The maximum absolute atomic E-state index is 12.5. The molecule has 0 bridgehead atoms. The number of halogens is 1. The van der Waals surface area contributed by atoms with Gasteiger partial charge in [-0.25, -0.2) is 8.42 Å². The minimum Gasteiger partial charge on any atom is -0.339 e. The Balaban J connectivity index is 2.03. The van der Waals surface area contributed by atoms with E-state index in [1.54, 1.807) is 21.9 Å². The highest BCUT2D eigenvalue weighted by atomic mass is 35.5. The number of likely N-dealkylation sites (N-methyl/N-ethyl adjacent to an activating group) is 1. The van der Waals surface area contributed by atoms with E-state index in [4.69, 9.17) is 11.6 Å². The highest BCUT2D eigenvalue weighted by Crippen LogP contribution is 2.20. The molecule has 1 aromatic rings. The lowest BCUT2D eigenvalue weighted by molar-refractivity contribution is -0.133. The van der Waals surface area contributed by atoms with Crippen LogP contribution in [0.15, 0.2) is 29.2 Å². The molecule has 1 amide bonds. The number of sulfonamides is 1. The molecule has 1 aliphatic heterocycles. The molecule has 0 aliphatic carbocycles. The zero-order chi connectivity index (χ0) is 16.3. The van der Waals surface area contributed by atoms with Crippen LogP contribution >= 0.6 is 11.6 Å². The van der Waals surface area contributed by atoms with E-state index in [0.29, 0.717) is 37.7 Å². The van der Waals surface area contributed by atoms with Gasteiger partial charge < -0.3 is 9.80 Å². The molecule has 2 rings (SSSR count). The Labute approximate surface area is 136 Å². The van der Waals surface area contributed by atoms with Crippen molar-refractivity contribution in [1.82, 2.24) is 14.1 Å². The van der Waals surface area contributed by atoms with Gasteiger partial charge in [0.2, 0.25) is 15.9 Å². The standard InChI is InChI=1S/C14H20ClN3O3S/c1-16(2)11-14(19)17-6-8-18(9-7-17)22(20,21)13-5-3-4-12(15)10-13/h3-5,10H,6-9,11H2,1-2H3. The first-order valence-corrected chi connectivity index (χ1v) is 8.81. The summed E-state index contributed by atoms with van der Waals surface area (Å²) in [5.74, 6) is 0.0183. The van der Waals surface area contributed by atoms with Crippen LogP contribution in [-0.2, 0) is 14.8 Å². The third kappa shape index (κ3) is 3.98. The van der Waals surface area contributed by atoms with Crippen molar-refractivity contribution in [3.63, 3.8) is 0 Å². The van der Waals surface area contributed by atoms with Gasteiger partial charge in [-0.2, -0.15) is 4.31 Å². The first kappa shape index (κ1) is 17.2. The van der Waals surface area contributed by atoms with Gasteiger partial charge in [0.05, 0.1) is 11.4 Å². The minimum atomic E-state index is -3.56. The summed E-state index contributed by atoms with van der Waals surface area (Å²) < 4.78 is 26.5. The molecule has 1 aromatic carbocycles. The third-order valence-electron chi connectivity index (χ3n) is 3.48. The van der Waals surface area contributed by atoms with E-state index in [0.717, 1.165) is 0 Å². The largest absolute Gasteiger partial charge is 0.339 e. The number of piperazine rings is 1. The van der Waals surface area contributed by atoms with Crippen LogP contribution in [0, 0.1) is 0 Å². The average molecular weight is 346 g/mol. The second kappa shape index (κ2) is 6.95. The van der Waals surface area contributed by atoms with Gasteiger partial charge in [-0.1, -0.05) is 17.7 Å². The Morgan fingerprint density at radius 1 is 1.23 bits per heavy atom. The fraction of sp³-hybridized carbons (Fsp3) is 0.500. The van der Waals surface area contributed by atoms with Crippen LogP contribution in [0.5, 0.6) is 0 Å². The van der Waals surface area contributed by atoms with Crippen LogP contribution in [0.3, 0.4) is 0 Å². The molecule has 0 atom stereocenters. The Hall–Kier alpha value is -1.15. The average Bonchev–Trinajstić information content (AvgIpc) is 2.46. The van der Waals surface area contributed by atoms with Gasteiger partial charge in [0, 0.05) is 31.2 Å². The van der Waals surface area contributed by atoms with Gasteiger partial charge in [0.25, 0.3) is 0 Å². The van der Waals surface area contributed by atoms with Crippen molar-refractivity contribution in [2.75, 3.05) is 46.8 Å². The zero-order valence-electron chi connectivity index (χ0n) is 12.7. The lowest BCUT2D eigenvalue weighted by Crippen LogP contribution is -2.52. The minimum absolute atomic E-state index is 0.0183. The predicted octanol–water partition coefficient (Wildman–Crippen LogP) is 0.735. The molecule has 0 spiro atoms. The number of amides is 1. The van der Waals surface area contributed by atoms with E-state index >= 15 is 0 Å². The van der Waals surface area contributed by atoms with Crippen LogP contribution in [0.4, 0.5) is 0 Å². The van der Waals surface area contributed by atoms with Crippen LogP contribution in [-0.4, -0.2) is 75.2 Å². The van der Waals surface area contributed by atoms with Crippen molar-refractivity contribution >= 4 is 27.5 Å². The molecule has 0 unspecified atom stereocenters. The monoisotopic (exact) mass is 345 g/mol. The van der Waals surface area contributed by atoms with E-state index < -0.39 is 10.0 Å². The Morgan fingerprint density at radius 2 is 1.86 bits per heavy atom. The van der Waals surface area contributed by atoms with Crippen molar-refractivity contribution < 1.29 is 13.2 Å². The predicted molar refractivity (Wildman–Crippen MR) is 85.3 cm³/mol. The molecule has 1 heterocycles. The van der Waals surface area contributed by atoms with Crippen molar-refractivity contribution in [1.29, 1.82) is 0 Å². The number of nitrogens with zero attached hydrogens (tertiary/aromatic N) is 3. The highest BCUT2D eigenvalue weighted by Gasteiger charge is 2.30. The number of carbonyl (C=O) groups is 1. The molecule has 0 aromatic heterocycles. The summed E-state index contributed by atoms with van der Waals surface area (Å²) in [6.45, 7) is 1.75. The van der Waals surface area contributed by atoms with Crippen LogP contribution in [0.2, 0.25) is 5.02 Å². The summed E-state index contributed by atoms with van der Waals surface area (Å²) in [6.07, 6.45) is 0. The van der Waals surface area contributed by atoms with E-state index in [9.17, 15) is 13.2 Å². The molecule has 0 radical (unpaired) electrons. The Kier molecular flexibility index (Phi) is 5.44. The number of hydrogen-bond acceptors (Lipinski definition) is 4. The molecule has 1 fully saturated rings. The topological polar surface area (TPSA) is 60.9 Å². The molecule has 8 heteroatoms. The zero-order valence-corrected chi connectivity index (χ0v) is 14.3. The maximum Gasteiger partial charge on any atom is 0.243 e. The number of rotatable bonds is 4. The summed E-state index contributed by atoms with van der Waals surface area (Å²) in [4.78, 5) is 15.7. The van der Waals surface area contributed by atoms with E-state index in [-0.39, 0.29) is 10.8 Å². The smallest absolute Gasteiger partial charge is 0.243 e. The lowest BCUT2D eigenvalue weighted by atomic mass is 10.3. The van der Waals surface area contributed by atoms with Crippen LogP contribution < -0.4 is 0 Å². The third-order valence-corrected chi connectivity index (χ3v) is 5.61. The second-order valence-corrected chi connectivity index (χ2v) is 7.85. The van der Waals surface area contributed by atoms with Gasteiger partial charge in [-0.15, -0.1) is 0 Å². The maximum atomic E-state index is 12.5. The summed E-state index contributed by atoms with van der Waals surface area (Å²) >= 11 is 5.86. The van der Waals surface area contributed by atoms with Crippen molar-refractivity contribution in [2.24, 2.45) is 0 Å². The molecule has 22 heavy (non-hydrogen) atoms. The number of hydrogen-bond donors (Lipinski definition) is 0. The van der Waals surface area contributed by atoms with E-state index in [1.165, 1.54) is 16.4 Å². The van der Waals surface area contributed by atoms with Crippen molar-refractivity contribution in [2.45, 2.75) is 4.90 Å². The summed E-state index contributed by atoms with van der Waals surface area (Å²) in [5.41, 5.74) is 0. The lowest BCUT2D eigenvalue weighted by Gasteiger charge is -2.34. The normalized spacial score (nSPS) is 17.0. The van der Waals surface area contributed by atoms with Gasteiger partial charge in [-0.05, 0) is 32.3 Å². The quantitative estimate of drug-likeness (QED) is 0.807. The van der Waals surface area contributed by atoms with Gasteiger partial charge >= 0.3 is 0 Å². The molecular formula is C14H20ClN3O3S. The first-order chi connectivity index (χ1) is 10.3. The second-order valence-electron chi connectivity index (χ2n) is 5.48. The van der Waals surface area contributed by atoms with Crippen LogP contribution in [0.25, 0.3) is 0 Å². The summed E-state index contributed by atoms with van der Waals surface area (Å²) in [6, 6.07) is 6.23. The first-order valence-electron chi connectivity index (χ1n) is 6.99. The SMILES string of the molecule is CN(C)CC(=O)N1CCN(S(=O)(=O)c2cccc(Cl)c2)CC1. The fourth-order valence-electron chi connectivity index (χ4n) is 2.32. The molecule has 1 saturated heterocycles. The molecule has 0 N–H and O–H groups in total. The van der Waals surface area contributed by atoms with E-state index in [2.05, 4.69) is 0 Å². The van der Waals surface area contributed by atoms with Gasteiger partial charge in [0.1, 0.15) is 0 Å². The number of carbonyl (C=O) groups excluding carboxylic acids is 1. The van der Waals surface area contributed by atoms with Crippen LogP contribution in [0.1, 0.15) is 0 Å². The number of benzene rings is 1. The van der Waals surface area contributed by atoms with Gasteiger partial charge in [0.15, 0.2) is 0 Å². The van der Waals surface area contributed by atoms with Crippen molar-refractivity contribution in [3.8, 4) is 0 Å². The van der Waals surface area contributed by atoms with Crippen molar-refractivity contribution in [3.05, 3.63) is 29.3 Å². The molecule has 6 nitrogen and oxygen atoms in total. The van der Waals surface area contributed by atoms with Gasteiger partial charge in [-0.3, -0.25) is 4.79 Å². The highest BCUT2D eigenvalue weighted by molar-refractivity contribution is 7.89. The Morgan fingerprint density at radius 3 is 2.41 bits per heavy atom. The summed E-state index contributed by atoms with van der Waals surface area (Å²) in [7, 11) is 0.106. The molecule has 0 saturated carbocycles.